The van der Waals surface area contributed by atoms with Crippen molar-refractivity contribution in [1.82, 2.24) is 4.90 Å². The minimum atomic E-state index is 0.335. The van der Waals surface area contributed by atoms with E-state index < -0.39 is 0 Å². The van der Waals surface area contributed by atoms with Crippen LogP contribution in [0.1, 0.15) is 18.4 Å². The number of benzene rings is 2. The van der Waals surface area contributed by atoms with Gasteiger partial charge in [0, 0.05) is 24.5 Å². The van der Waals surface area contributed by atoms with Crippen LogP contribution in [0.15, 0.2) is 72.1 Å². The van der Waals surface area contributed by atoms with Gasteiger partial charge in [0.1, 0.15) is 11.9 Å². The van der Waals surface area contributed by atoms with Gasteiger partial charge < -0.3 is 9.64 Å². The van der Waals surface area contributed by atoms with Crippen LogP contribution in [-0.2, 0) is 6.42 Å². The Bertz CT molecular complexity index is 792. The fourth-order valence-electron chi connectivity index (χ4n) is 3.54. The van der Waals surface area contributed by atoms with E-state index in [0.29, 0.717) is 6.10 Å². The highest BCUT2D eigenvalue weighted by atomic mass is 32.1. The molecule has 0 amide bonds. The summed E-state index contributed by atoms with van der Waals surface area (Å²) in [5.74, 6) is 0.999. The Morgan fingerprint density at radius 2 is 1.77 bits per heavy atom. The molecule has 0 atom stereocenters. The molecule has 1 aliphatic heterocycles. The van der Waals surface area contributed by atoms with Gasteiger partial charge >= 0.3 is 0 Å². The molecule has 2 nitrogen and oxygen atoms in total. The van der Waals surface area contributed by atoms with Gasteiger partial charge in [-0.05, 0) is 54.0 Å². The zero-order valence-corrected chi connectivity index (χ0v) is 15.8. The first-order valence-electron chi connectivity index (χ1n) is 9.44. The van der Waals surface area contributed by atoms with Crippen molar-refractivity contribution >= 4 is 11.3 Å². The fourth-order valence-corrected chi connectivity index (χ4v) is 4.26. The molecule has 26 heavy (non-hydrogen) atoms. The highest BCUT2D eigenvalue weighted by Crippen LogP contribution is 2.29. The molecule has 1 fully saturated rings. The van der Waals surface area contributed by atoms with Gasteiger partial charge in [-0.2, -0.15) is 0 Å². The third-order valence-electron chi connectivity index (χ3n) is 5.04. The molecule has 0 unspecified atom stereocenters. The molecule has 0 N–H and O–H groups in total. The van der Waals surface area contributed by atoms with Gasteiger partial charge in [-0.15, -0.1) is 11.3 Å². The SMILES string of the molecule is c1ccc(CCN2CCC(Oc3cccc(-c4cccs4)c3)CC2)cc1. The smallest absolute Gasteiger partial charge is 0.120 e. The summed E-state index contributed by atoms with van der Waals surface area (Å²) in [5, 5.41) is 2.12. The van der Waals surface area contributed by atoms with E-state index in [1.165, 1.54) is 16.0 Å². The van der Waals surface area contributed by atoms with Crippen molar-refractivity contribution in [3.8, 4) is 16.2 Å². The predicted molar refractivity (Wildman–Crippen MR) is 110 cm³/mol. The lowest BCUT2D eigenvalue weighted by Gasteiger charge is -2.32. The number of rotatable bonds is 6. The second-order valence-electron chi connectivity index (χ2n) is 6.90. The van der Waals surface area contributed by atoms with Gasteiger partial charge in [-0.25, -0.2) is 0 Å². The molecule has 2 aromatic carbocycles. The molecule has 0 aliphatic carbocycles. The first kappa shape index (κ1) is 17.3. The van der Waals surface area contributed by atoms with E-state index in [2.05, 4.69) is 77.0 Å². The zero-order valence-electron chi connectivity index (χ0n) is 15.0. The topological polar surface area (TPSA) is 12.5 Å². The lowest BCUT2D eigenvalue weighted by Crippen LogP contribution is -2.39. The first-order valence-corrected chi connectivity index (χ1v) is 10.3. The summed E-state index contributed by atoms with van der Waals surface area (Å²) in [6, 6.07) is 23.5. The van der Waals surface area contributed by atoms with Crippen LogP contribution < -0.4 is 4.74 Å². The monoisotopic (exact) mass is 363 g/mol. The van der Waals surface area contributed by atoms with Gasteiger partial charge in [0.2, 0.25) is 0 Å². The Morgan fingerprint density at radius 3 is 2.54 bits per heavy atom. The quantitative estimate of drug-likeness (QED) is 0.573. The van der Waals surface area contributed by atoms with E-state index in [1.807, 2.05) is 0 Å². The number of hydrogen-bond donors (Lipinski definition) is 0. The molecule has 1 aromatic heterocycles. The maximum absolute atomic E-state index is 6.28. The van der Waals surface area contributed by atoms with Crippen molar-refractivity contribution in [1.29, 1.82) is 0 Å². The maximum Gasteiger partial charge on any atom is 0.120 e. The Labute approximate surface area is 160 Å². The Balaban J connectivity index is 1.27. The molecule has 4 rings (SSSR count). The highest BCUT2D eigenvalue weighted by molar-refractivity contribution is 7.13. The summed E-state index contributed by atoms with van der Waals surface area (Å²) in [4.78, 5) is 3.86. The Morgan fingerprint density at radius 1 is 0.923 bits per heavy atom. The van der Waals surface area contributed by atoms with Crippen molar-refractivity contribution in [3.63, 3.8) is 0 Å². The van der Waals surface area contributed by atoms with Crippen LogP contribution >= 0.6 is 11.3 Å². The number of nitrogens with zero attached hydrogens (tertiary/aromatic N) is 1. The number of hydrogen-bond acceptors (Lipinski definition) is 3. The van der Waals surface area contributed by atoms with Gasteiger partial charge in [0.15, 0.2) is 0 Å². The van der Waals surface area contributed by atoms with Crippen molar-refractivity contribution in [2.45, 2.75) is 25.4 Å². The summed E-state index contributed by atoms with van der Waals surface area (Å²) < 4.78 is 6.28. The molecule has 134 valence electrons. The third-order valence-corrected chi connectivity index (χ3v) is 5.96. The van der Waals surface area contributed by atoms with E-state index in [1.54, 1.807) is 11.3 Å². The van der Waals surface area contributed by atoms with Crippen LogP contribution in [0.5, 0.6) is 5.75 Å². The minimum absolute atomic E-state index is 0.335. The molecule has 1 saturated heterocycles. The van der Waals surface area contributed by atoms with Gasteiger partial charge in [-0.3, -0.25) is 0 Å². The summed E-state index contributed by atoms with van der Waals surface area (Å²) in [6.07, 6.45) is 3.69. The lowest BCUT2D eigenvalue weighted by molar-refractivity contribution is 0.101. The fraction of sp³-hybridized carbons (Fsp3) is 0.304. The Kier molecular flexibility index (Phi) is 5.68. The summed E-state index contributed by atoms with van der Waals surface area (Å²) >= 11 is 1.77. The minimum Gasteiger partial charge on any atom is -0.490 e. The molecule has 0 bridgehead atoms. The van der Waals surface area contributed by atoms with Crippen molar-refractivity contribution in [3.05, 3.63) is 77.7 Å². The first-order chi connectivity index (χ1) is 12.9. The predicted octanol–water partition coefficient (Wildman–Crippen LogP) is 5.50. The molecule has 3 heteroatoms. The van der Waals surface area contributed by atoms with E-state index in [4.69, 9.17) is 4.74 Å². The Hall–Kier alpha value is -2.10. The van der Waals surface area contributed by atoms with E-state index in [9.17, 15) is 0 Å². The molecule has 0 spiro atoms. The van der Waals surface area contributed by atoms with E-state index in [-0.39, 0.29) is 0 Å². The molecular formula is C23H25NOS. The molecule has 1 aliphatic rings. The highest BCUT2D eigenvalue weighted by Gasteiger charge is 2.20. The average molecular weight is 364 g/mol. The zero-order chi connectivity index (χ0) is 17.6. The summed E-state index contributed by atoms with van der Waals surface area (Å²) in [6.45, 7) is 3.40. The molecule has 2 heterocycles. The van der Waals surface area contributed by atoms with Crippen LogP contribution in [0.4, 0.5) is 0 Å². The van der Waals surface area contributed by atoms with E-state index >= 15 is 0 Å². The van der Waals surface area contributed by atoms with Gasteiger partial charge in [-0.1, -0.05) is 48.5 Å². The summed E-state index contributed by atoms with van der Waals surface area (Å²) in [7, 11) is 0. The maximum atomic E-state index is 6.28. The van der Waals surface area contributed by atoms with Crippen LogP contribution in [0.25, 0.3) is 10.4 Å². The molecule has 0 radical (unpaired) electrons. The van der Waals surface area contributed by atoms with Gasteiger partial charge in [0.25, 0.3) is 0 Å². The third kappa shape index (κ3) is 4.54. The van der Waals surface area contributed by atoms with Crippen LogP contribution in [0.3, 0.4) is 0 Å². The molecular weight excluding hydrogens is 338 g/mol. The number of ether oxygens (including phenoxy) is 1. The average Bonchev–Trinajstić information content (AvgIpc) is 3.23. The lowest BCUT2D eigenvalue weighted by atomic mass is 10.1. The second kappa shape index (κ2) is 8.52. The molecule has 3 aromatic rings. The van der Waals surface area contributed by atoms with Crippen molar-refractivity contribution in [2.75, 3.05) is 19.6 Å². The normalized spacial score (nSPS) is 15.8. The van der Waals surface area contributed by atoms with Crippen LogP contribution in [-0.4, -0.2) is 30.6 Å². The number of thiophene rings is 1. The molecule has 0 saturated carbocycles. The standard InChI is InChI=1S/C23H25NOS/c1-2-6-19(7-3-1)11-14-24-15-12-21(13-16-24)25-22-9-4-8-20(18-22)23-10-5-17-26-23/h1-10,17-18,21H,11-16H2. The van der Waals surface area contributed by atoms with E-state index in [0.717, 1.165) is 44.6 Å². The largest absolute Gasteiger partial charge is 0.490 e. The van der Waals surface area contributed by atoms with Crippen LogP contribution in [0.2, 0.25) is 0 Å². The van der Waals surface area contributed by atoms with Crippen LogP contribution in [0, 0.1) is 0 Å². The van der Waals surface area contributed by atoms with Crippen molar-refractivity contribution < 1.29 is 4.74 Å². The van der Waals surface area contributed by atoms with Crippen molar-refractivity contribution in [2.24, 2.45) is 0 Å². The summed E-state index contributed by atoms with van der Waals surface area (Å²) in [5.41, 5.74) is 2.68. The van der Waals surface area contributed by atoms with Gasteiger partial charge in [0.05, 0.1) is 0 Å². The number of piperidine rings is 1. The number of likely N-dealkylation sites (tertiary alicyclic amines) is 1. The second-order valence-corrected chi connectivity index (χ2v) is 7.85.